The Kier molecular flexibility index (Phi) is 4.95. The van der Waals surface area contributed by atoms with Crippen molar-refractivity contribution in [1.29, 1.82) is 0 Å². The van der Waals surface area contributed by atoms with E-state index in [2.05, 4.69) is 15.6 Å². The van der Waals surface area contributed by atoms with Gasteiger partial charge in [-0.1, -0.05) is 74.5 Å². The quantitative estimate of drug-likeness (QED) is 0.558. The van der Waals surface area contributed by atoms with Gasteiger partial charge in [0, 0.05) is 16.9 Å². The molecule has 0 unspecified atom stereocenters. The Morgan fingerprint density at radius 1 is 1.03 bits per heavy atom. The van der Waals surface area contributed by atoms with Crippen molar-refractivity contribution >= 4 is 22.5 Å². The summed E-state index contributed by atoms with van der Waals surface area (Å²) in [6.45, 7) is 6.25. The van der Waals surface area contributed by atoms with Gasteiger partial charge in [0.15, 0.2) is 11.5 Å². The summed E-state index contributed by atoms with van der Waals surface area (Å²) in [4.78, 5) is 26.0. The van der Waals surface area contributed by atoms with Crippen LogP contribution in [0.3, 0.4) is 0 Å². The number of amides is 1. The average molecular weight is 402 g/mol. The van der Waals surface area contributed by atoms with Crippen LogP contribution in [0.5, 0.6) is 0 Å². The van der Waals surface area contributed by atoms with Gasteiger partial charge in [0.05, 0.1) is 11.9 Å². The second-order valence-corrected chi connectivity index (χ2v) is 8.12. The standard InChI is InChI=1S/C23H22N4O3/c1-23(2,3)18-13-19(26-30-18)24-21(28)20-16-11-7-8-12-17(16)22(29)27(25-20)14-15-9-5-4-6-10-15/h4-13H,14H2,1-3H3,(H,24,26,28). The molecule has 0 saturated heterocycles. The lowest BCUT2D eigenvalue weighted by Gasteiger charge is -2.12. The minimum Gasteiger partial charge on any atom is -0.359 e. The number of carbonyl (C=O) groups is 1. The van der Waals surface area contributed by atoms with Crippen LogP contribution in [0.4, 0.5) is 5.82 Å². The molecular weight excluding hydrogens is 380 g/mol. The summed E-state index contributed by atoms with van der Waals surface area (Å²) in [5.74, 6) is 0.503. The highest BCUT2D eigenvalue weighted by Gasteiger charge is 2.22. The Labute approximate surface area is 173 Å². The van der Waals surface area contributed by atoms with E-state index in [1.54, 1.807) is 30.3 Å². The summed E-state index contributed by atoms with van der Waals surface area (Å²) in [7, 11) is 0. The number of benzene rings is 2. The van der Waals surface area contributed by atoms with Gasteiger partial charge in [0.25, 0.3) is 11.5 Å². The highest BCUT2D eigenvalue weighted by Crippen LogP contribution is 2.25. The van der Waals surface area contributed by atoms with Crippen LogP contribution in [0, 0.1) is 0 Å². The molecule has 4 rings (SSSR count). The fraction of sp³-hybridized carbons (Fsp3) is 0.217. The van der Waals surface area contributed by atoms with Gasteiger partial charge in [-0.3, -0.25) is 9.59 Å². The molecule has 0 radical (unpaired) electrons. The molecule has 4 aromatic rings. The first-order chi connectivity index (χ1) is 14.3. The van der Waals surface area contributed by atoms with Crippen LogP contribution in [0.15, 0.2) is 70.0 Å². The minimum atomic E-state index is -0.457. The van der Waals surface area contributed by atoms with Gasteiger partial charge in [-0.05, 0) is 11.6 Å². The van der Waals surface area contributed by atoms with Crippen molar-refractivity contribution in [1.82, 2.24) is 14.9 Å². The minimum absolute atomic E-state index is 0.154. The van der Waals surface area contributed by atoms with E-state index in [1.807, 2.05) is 51.1 Å². The molecule has 0 saturated carbocycles. The van der Waals surface area contributed by atoms with E-state index in [9.17, 15) is 9.59 Å². The molecule has 2 aromatic heterocycles. The molecular formula is C23H22N4O3. The largest absolute Gasteiger partial charge is 0.359 e. The number of nitrogens with one attached hydrogen (secondary N) is 1. The van der Waals surface area contributed by atoms with Crippen LogP contribution in [-0.2, 0) is 12.0 Å². The Morgan fingerprint density at radius 3 is 2.37 bits per heavy atom. The Morgan fingerprint density at radius 2 is 1.70 bits per heavy atom. The number of nitrogens with zero attached hydrogens (tertiary/aromatic N) is 3. The molecule has 0 aliphatic rings. The summed E-state index contributed by atoms with van der Waals surface area (Å²) < 4.78 is 6.65. The molecule has 0 aliphatic carbocycles. The topological polar surface area (TPSA) is 90.0 Å². The van der Waals surface area contributed by atoms with E-state index >= 15 is 0 Å². The molecule has 152 valence electrons. The summed E-state index contributed by atoms with van der Waals surface area (Å²) in [5, 5.41) is 12.0. The van der Waals surface area contributed by atoms with Crippen molar-refractivity contribution < 1.29 is 9.32 Å². The molecule has 0 bridgehead atoms. The monoisotopic (exact) mass is 402 g/mol. The van der Waals surface area contributed by atoms with Gasteiger partial charge in [-0.25, -0.2) is 4.68 Å². The fourth-order valence-electron chi connectivity index (χ4n) is 3.13. The second kappa shape index (κ2) is 7.59. The lowest BCUT2D eigenvalue weighted by Crippen LogP contribution is -2.28. The highest BCUT2D eigenvalue weighted by atomic mass is 16.5. The van der Waals surface area contributed by atoms with E-state index in [0.29, 0.717) is 22.4 Å². The molecule has 7 heteroatoms. The first-order valence-corrected chi connectivity index (χ1v) is 9.65. The van der Waals surface area contributed by atoms with Crippen LogP contribution < -0.4 is 10.9 Å². The van der Waals surface area contributed by atoms with Gasteiger partial charge in [0.1, 0.15) is 5.76 Å². The van der Waals surface area contributed by atoms with Gasteiger partial charge >= 0.3 is 0 Å². The molecule has 0 fully saturated rings. The van der Waals surface area contributed by atoms with Gasteiger partial charge in [-0.15, -0.1) is 0 Å². The molecule has 30 heavy (non-hydrogen) atoms. The van der Waals surface area contributed by atoms with Crippen molar-refractivity contribution in [3.05, 3.63) is 88.0 Å². The molecule has 1 amide bonds. The third-order valence-corrected chi connectivity index (χ3v) is 4.75. The van der Waals surface area contributed by atoms with Crippen LogP contribution in [0.1, 0.15) is 42.6 Å². The lowest BCUT2D eigenvalue weighted by atomic mass is 9.93. The van der Waals surface area contributed by atoms with E-state index in [-0.39, 0.29) is 23.2 Å². The van der Waals surface area contributed by atoms with E-state index in [4.69, 9.17) is 4.52 Å². The highest BCUT2D eigenvalue weighted by molar-refractivity contribution is 6.10. The molecule has 0 atom stereocenters. The zero-order valence-electron chi connectivity index (χ0n) is 17.0. The number of aromatic nitrogens is 3. The van der Waals surface area contributed by atoms with Crippen LogP contribution in [0.25, 0.3) is 10.8 Å². The molecule has 7 nitrogen and oxygen atoms in total. The van der Waals surface area contributed by atoms with Crippen molar-refractivity contribution in [2.24, 2.45) is 0 Å². The first kappa shape index (κ1) is 19.6. The van der Waals surface area contributed by atoms with Crippen molar-refractivity contribution in [3.63, 3.8) is 0 Å². The molecule has 2 heterocycles. The lowest BCUT2D eigenvalue weighted by molar-refractivity contribution is 0.102. The van der Waals surface area contributed by atoms with Crippen molar-refractivity contribution in [3.8, 4) is 0 Å². The van der Waals surface area contributed by atoms with E-state index in [1.165, 1.54) is 4.68 Å². The first-order valence-electron chi connectivity index (χ1n) is 9.65. The second-order valence-electron chi connectivity index (χ2n) is 8.12. The number of rotatable bonds is 4. The fourth-order valence-corrected chi connectivity index (χ4v) is 3.13. The maximum Gasteiger partial charge on any atom is 0.277 e. The van der Waals surface area contributed by atoms with Crippen LogP contribution in [-0.4, -0.2) is 20.8 Å². The van der Waals surface area contributed by atoms with Crippen molar-refractivity contribution in [2.75, 3.05) is 5.32 Å². The Bertz CT molecular complexity index is 1270. The number of anilines is 1. The Balaban J connectivity index is 1.74. The third kappa shape index (κ3) is 3.87. The SMILES string of the molecule is CC(C)(C)c1cc(NC(=O)c2nn(Cc3ccccc3)c(=O)c3ccccc23)no1. The number of fused-ring (bicyclic) bond motifs is 1. The zero-order chi connectivity index (χ0) is 21.3. The third-order valence-electron chi connectivity index (χ3n) is 4.75. The summed E-state index contributed by atoms with van der Waals surface area (Å²) in [6.07, 6.45) is 0. The number of hydrogen-bond acceptors (Lipinski definition) is 5. The van der Waals surface area contributed by atoms with Gasteiger partial charge < -0.3 is 9.84 Å². The molecule has 1 N–H and O–H groups in total. The van der Waals surface area contributed by atoms with Crippen LogP contribution >= 0.6 is 0 Å². The van der Waals surface area contributed by atoms with Gasteiger partial charge in [0.2, 0.25) is 0 Å². The van der Waals surface area contributed by atoms with Crippen molar-refractivity contribution in [2.45, 2.75) is 32.7 Å². The van der Waals surface area contributed by atoms with Crippen LogP contribution in [0.2, 0.25) is 0 Å². The smallest absolute Gasteiger partial charge is 0.277 e. The summed E-state index contributed by atoms with van der Waals surface area (Å²) in [5.41, 5.74) is 0.591. The summed E-state index contributed by atoms with van der Waals surface area (Å²) >= 11 is 0. The zero-order valence-corrected chi connectivity index (χ0v) is 17.0. The van der Waals surface area contributed by atoms with Gasteiger partial charge in [-0.2, -0.15) is 5.10 Å². The predicted octanol–water partition coefficient (Wildman–Crippen LogP) is 3.98. The maximum absolute atomic E-state index is 13.0. The molecule has 0 aliphatic heterocycles. The summed E-state index contributed by atoms with van der Waals surface area (Å²) in [6, 6.07) is 18.2. The average Bonchev–Trinajstić information content (AvgIpc) is 3.20. The molecule has 2 aromatic carbocycles. The van der Waals surface area contributed by atoms with E-state index in [0.717, 1.165) is 5.56 Å². The maximum atomic E-state index is 13.0. The number of hydrogen-bond donors (Lipinski definition) is 1. The Hall–Kier alpha value is -3.74. The number of carbonyl (C=O) groups excluding carboxylic acids is 1. The normalized spacial score (nSPS) is 11.6. The predicted molar refractivity (Wildman–Crippen MR) is 115 cm³/mol. The molecule has 0 spiro atoms. The van der Waals surface area contributed by atoms with E-state index < -0.39 is 5.91 Å².